The normalized spacial score (nSPS) is 10.4. The average molecular weight is 225 g/mol. The Balaban J connectivity index is 3.68. The Morgan fingerprint density at radius 2 is 1.71 bits per heavy atom. The van der Waals surface area contributed by atoms with E-state index in [0.29, 0.717) is 0 Å². The summed E-state index contributed by atoms with van der Waals surface area (Å²) in [5, 5.41) is 7.35. The van der Waals surface area contributed by atoms with Gasteiger partial charge in [0, 0.05) is 5.56 Å². The highest BCUT2D eigenvalue weighted by Gasteiger charge is 2.25. The Morgan fingerprint density at radius 1 is 1.21 bits per heavy atom. The first-order valence-electron chi connectivity index (χ1n) is 3.43. The van der Waals surface area contributed by atoms with Crippen LogP contribution in [0.2, 0.25) is 5.02 Å². The maximum atomic E-state index is 13.0. The quantitative estimate of drug-likeness (QED) is 0.588. The Morgan fingerprint density at radius 3 is 2.14 bits per heavy atom. The molecule has 0 unspecified atom stereocenters. The monoisotopic (exact) mass is 224 g/mol. The van der Waals surface area contributed by atoms with Gasteiger partial charge < -0.3 is 5.11 Å². The van der Waals surface area contributed by atoms with Gasteiger partial charge in [-0.3, -0.25) is 0 Å². The van der Waals surface area contributed by atoms with Gasteiger partial charge in [-0.05, 0) is 6.92 Å². The van der Waals surface area contributed by atoms with Crippen LogP contribution in [0.1, 0.15) is 15.9 Å². The van der Waals surface area contributed by atoms with Gasteiger partial charge >= 0.3 is 5.97 Å². The van der Waals surface area contributed by atoms with Gasteiger partial charge in [-0.1, -0.05) is 11.6 Å². The predicted octanol–water partition coefficient (Wildman–Crippen LogP) is 2.76. The Labute approximate surface area is 81.9 Å². The van der Waals surface area contributed by atoms with Crippen molar-refractivity contribution in [1.29, 1.82) is 0 Å². The van der Waals surface area contributed by atoms with Crippen molar-refractivity contribution >= 4 is 17.6 Å². The Kier molecular flexibility index (Phi) is 2.71. The number of carboxylic acids is 1. The summed E-state index contributed by atoms with van der Waals surface area (Å²) < 4.78 is 38.7. The van der Waals surface area contributed by atoms with Crippen LogP contribution in [0.25, 0.3) is 0 Å². The van der Waals surface area contributed by atoms with Gasteiger partial charge in [0.25, 0.3) is 0 Å². The minimum atomic E-state index is -1.69. The number of hydrogen-bond acceptors (Lipinski definition) is 1. The van der Waals surface area contributed by atoms with Gasteiger partial charge in [-0.2, -0.15) is 0 Å². The summed E-state index contributed by atoms with van der Waals surface area (Å²) in [6.07, 6.45) is 0. The SMILES string of the molecule is Cc1c(F)c(F)c(Cl)c(F)c1C(=O)O. The highest BCUT2D eigenvalue weighted by atomic mass is 35.5. The van der Waals surface area contributed by atoms with Crippen LogP contribution < -0.4 is 0 Å². The fourth-order valence-corrected chi connectivity index (χ4v) is 1.17. The Hall–Kier alpha value is -1.23. The third-order valence-electron chi connectivity index (χ3n) is 1.72. The lowest BCUT2D eigenvalue weighted by molar-refractivity contribution is 0.0690. The van der Waals surface area contributed by atoms with Crippen molar-refractivity contribution in [3.05, 3.63) is 33.6 Å². The Bertz CT molecular complexity index is 389. The number of hydrogen-bond donors (Lipinski definition) is 1. The molecule has 0 aliphatic carbocycles. The smallest absolute Gasteiger partial charge is 0.339 e. The molecule has 14 heavy (non-hydrogen) atoms. The van der Waals surface area contributed by atoms with E-state index in [9.17, 15) is 18.0 Å². The number of aromatic carboxylic acids is 1. The van der Waals surface area contributed by atoms with E-state index in [4.69, 9.17) is 16.7 Å². The van der Waals surface area contributed by atoms with E-state index in [0.717, 1.165) is 6.92 Å². The van der Waals surface area contributed by atoms with Gasteiger partial charge in [-0.25, -0.2) is 18.0 Å². The molecule has 0 amide bonds. The zero-order valence-corrected chi connectivity index (χ0v) is 7.62. The van der Waals surface area contributed by atoms with E-state index in [1.54, 1.807) is 0 Å². The number of benzene rings is 1. The minimum Gasteiger partial charge on any atom is -0.478 e. The standard InChI is InChI=1S/C8H4ClF3O2/c1-2-3(8(13)14)6(11)4(9)7(12)5(2)10/h1H3,(H,13,14). The molecule has 0 aliphatic rings. The van der Waals surface area contributed by atoms with Crippen molar-refractivity contribution < 1.29 is 23.1 Å². The molecule has 0 spiro atoms. The molecule has 0 aliphatic heterocycles. The van der Waals surface area contributed by atoms with E-state index in [1.165, 1.54) is 0 Å². The van der Waals surface area contributed by atoms with Gasteiger partial charge in [0.05, 0.1) is 0 Å². The largest absolute Gasteiger partial charge is 0.478 e. The molecule has 1 N–H and O–H groups in total. The van der Waals surface area contributed by atoms with Crippen molar-refractivity contribution in [2.45, 2.75) is 6.92 Å². The molecule has 0 saturated heterocycles. The van der Waals surface area contributed by atoms with Gasteiger partial charge in [0.15, 0.2) is 17.5 Å². The summed E-state index contributed by atoms with van der Waals surface area (Å²) in [6.45, 7) is 0.960. The lowest BCUT2D eigenvalue weighted by atomic mass is 10.1. The molecule has 1 aromatic rings. The van der Waals surface area contributed by atoms with E-state index in [2.05, 4.69) is 0 Å². The van der Waals surface area contributed by atoms with Crippen LogP contribution in [-0.2, 0) is 0 Å². The fraction of sp³-hybridized carbons (Fsp3) is 0.125. The molecule has 0 atom stereocenters. The van der Waals surface area contributed by atoms with Crippen molar-refractivity contribution in [3.8, 4) is 0 Å². The molecule has 0 bridgehead atoms. The zero-order chi connectivity index (χ0) is 11.0. The van der Waals surface area contributed by atoms with E-state index in [1.807, 2.05) is 0 Å². The lowest BCUT2D eigenvalue weighted by Crippen LogP contribution is -2.08. The van der Waals surface area contributed by atoms with Crippen molar-refractivity contribution in [2.75, 3.05) is 0 Å². The van der Waals surface area contributed by atoms with Crippen LogP contribution in [-0.4, -0.2) is 11.1 Å². The average Bonchev–Trinajstić information content (AvgIpc) is 2.11. The highest BCUT2D eigenvalue weighted by molar-refractivity contribution is 6.31. The second kappa shape index (κ2) is 3.49. The number of rotatable bonds is 1. The highest BCUT2D eigenvalue weighted by Crippen LogP contribution is 2.28. The van der Waals surface area contributed by atoms with Crippen molar-refractivity contribution in [3.63, 3.8) is 0 Å². The molecule has 0 heterocycles. The second-order valence-corrected chi connectivity index (χ2v) is 2.94. The fourth-order valence-electron chi connectivity index (χ4n) is 0.996. The van der Waals surface area contributed by atoms with Crippen LogP contribution in [0, 0.1) is 24.4 Å². The summed E-state index contributed by atoms with van der Waals surface area (Å²) >= 11 is 5.05. The van der Waals surface area contributed by atoms with Gasteiger partial charge in [-0.15, -0.1) is 0 Å². The second-order valence-electron chi connectivity index (χ2n) is 2.56. The molecule has 76 valence electrons. The van der Waals surface area contributed by atoms with Crippen LogP contribution in [0.5, 0.6) is 0 Å². The zero-order valence-electron chi connectivity index (χ0n) is 6.87. The van der Waals surface area contributed by atoms with Crippen LogP contribution >= 0.6 is 11.6 Å². The van der Waals surface area contributed by atoms with Gasteiger partial charge in [0.1, 0.15) is 10.6 Å². The molecule has 1 aromatic carbocycles. The minimum absolute atomic E-state index is 0.614. The first-order valence-corrected chi connectivity index (χ1v) is 3.81. The topological polar surface area (TPSA) is 37.3 Å². The molecule has 6 heteroatoms. The van der Waals surface area contributed by atoms with Crippen molar-refractivity contribution in [2.24, 2.45) is 0 Å². The third kappa shape index (κ3) is 1.43. The van der Waals surface area contributed by atoms with E-state index >= 15 is 0 Å². The molecule has 1 rings (SSSR count). The summed E-state index contributed by atoms with van der Waals surface area (Å²) in [6, 6.07) is 0. The summed E-state index contributed by atoms with van der Waals surface area (Å²) in [5.41, 5.74) is -1.56. The summed E-state index contributed by atoms with van der Waals surface area (Å²) in [7, 11) is 0. The number of carbonyl (C=O) groups is 1. The van der Waals surface area contributed by atoms with E-state index in [-0.39, 0.29) is 0 Å². The van der Waals surface area contributed by atoms with Crippen LogP contribution in [0.15, 0.2) is 0 Å². The number of carboxylic acid groups (broad SMARTS) is 1. The lowest BCUT2D eigenvalue weighted by Gasteiger charge is -2.06. The van der Waals surface area contributed by atoms with Crippen molar-refractivity contribution in [1.82, 2.24) is 0 Å². The maximum Gasteiger partial charge on any atom is 0.339 e. The first kappa shape index (κ1) is 10.8. The first-order chi connectivity index (χ1) is 6.37. The summed E-state index contributed by atoms with van der Waals surface area (Å²) in [5.74, 6) is -6.18. The summed E-state index contributed by atoms with van der Waals surface area (Å²) in [4.78, 5) is 10.5. The molecule has 0 saturated carbocycles. The molecular weight excluding hydrogens is 221 g/mol. The van der Waals surface area contributed by atoms with Crippen LogP contribution in [0.4, 0.5) is 13.2 Å². The maximum absolute atomic E-state index is 13.0. The molecule has 0 aromatic heterocycles. The van der Waals surface area contributed by atoms with Gasteiger partial charge in [0.2, 0.25) is 0 Å². The van der Waals surface area contributed by atoms with Crippen LogP contribution in [0.3, 0.4) is 0 Å². The molecular formula is C8H4ClF3O2. The molecule has 2 nitrogen and oxygen atoms in total. The third-order valence-corrected chi connectivity index (χ3v) is 2.05. The number of halogens is 4. The predicted molar refractivity (Wildman–Crippen MR) is 43.0 cm³/mol. The van der Waals surface area contributed by atoms with E-state index < -0.39 is 39.6 Å². The molecule has 0 fully saturated rings. The molecule has 0 radical (unpaired) electrons.